The summed E-state index contributed by atoms with van der Waals surface area (Å²) in [7, 11) is 1.59. The van der Waals surface area contributed by atoms with Crippen molar-refractivity contribution in [2.24, 2.45) is 0 Å². The van der Waals surface area contributed by atoms with Gasteiger partial charge in [0.25, 0.3) is 5.91 Å². The number of halogens is 1. The number of amides is 1. The highest BCUT2D eigenvalue weighted by Crippen LogP contribution is 2.27. The molecular formula is C20H25ClN6O2. The normalized spacial score (nSPS) is 17.4. The molecule has 2 aromatic heterocycles. The number of aromatic nitrogens is 3. The summed E-state index contributed by atoms with van der Waals surface area (Å²) in [6.45, 7) is 4.61. The number of likely N-dealkylation sites (tertiary alicyclic amines) is 1. The van der Waals surface area contributed by atoms with Crippen LogP contribution >= 0.6 is 11.6 Å². The zero-order valence-electron chi connectivity index (χ0n) is 16.6. The Labute approximate surface area is 175 Å². The first kappa shape index (κ1) is 19.7. The Balaban J connectivity index is 1.41. The monoisotopic (exact) mass is 416 g/mol. The maximum absolute atomic E-state index is 12.7. The number of anilines is 2. The molecule has 2 aromatic rings. The number of rotatable bonds is 4. The molecule has 2 aliphatic rings. The van der Waals surface area contributed by atoms with Crippen molar-refractivity contribution in [3.63, 3.8) is 0 Å². The van der Waals surface area contributed by atoms with Gasteiger partial charge in [-0.1, -0.05) is 11.6 Å². The molecule has 154 valence electrons. The molecule has 4 rings (SSSR count). The molecule has 0 radical (unpaired) electrons. The lowest BCUT2D eigenvalue weighted by atomic mass is 10.1. The van der Waals surface area contributed by atoms with Gasteiger partial charge in [-0.2, -0.15) is 4.98 Å². The minimum Gasteiger partial charge on any atom is -0.481 e. The summed E-state index contributed by atoms with van der Waals surface area (Å²) in [6, 6.07) is 3.48. The Hall–Kier alpha value is -2.61. The second-order valence-corrected chi connectivity index (χ2v) is 7.66. The number of pyridine rings is 1. The average molecular weight is 417 g/mol. The third kappa shape index (κ3) is 4.37. The highest BCUT2D eigenvalue weighted by atomic mass is 35.5. The van der Waals surface area contributed by atoms with Gasteiger partial charge in [0.15, 0.2) is 0 Å². The van der Waals surface area contributed by atoms with Crippen LogP contribution in [0.3, 0.4) is 0 Å². The summed E-state index contributed by atoms with van der Waals surface area (Å²) >= 11 is 6.51. The van der Waals surface area contributed by atoms with E-state index >= 15 is 0 Å². The molecule has 0 bridgehead atoms. The van der Waals surface area contributed by atoms with E-state index in [0.29, 0.717) is 28.2 Å². The number of hydrogen-bond donors (Lipinski definition) is 0. The maximum atomic E-state index is 12.7. The van der Waals surface area contributed by atoms with Gasteiger partial charge in [0, 0.05) is 57.7 Å². The number of piperidine rings is 1. The van der Waals surface area contributed by atoms with Crippen LogP contribution in [0.25, 0.3) is 0 Å². The minimum atomic E-state index is 0.0191. The summed E-state index contributed by atoms with van der Waals surface area (Å²) in [6.07, 6.45) is 6.66. The molecule has 2 saturated heterocycles. The lowest BCUT2D eigenvalue weighted by Crippen LogP contribution is -2.47. The molecule has 0 atom stereocenters. The third-order valence-electron chi connectivity index (χ3n) is 5.40. The Morgan fingerprint density at radius 3 is 2.45 bits per heavy atom. The number of piperazine rings is 1. The van der Waals surface area contributed by atoms with E-state index in [2.05, 4.69) is 24.8 Å². The second kappa shape index (κ2) is 8.82. The highest BCUT2D eigenvalue weighted by molar-refractivity contribution is 6.33. The Morgan fingerprint density at radius 1 is 1.03 bits per heavy atom. The fourth-order valence-electron chi connectivity index (χ4n) is 3.78. The first-order valence-corrected chi connectivity index (χ1v) is 10.4. The van der Waals surface area contributed by atoms with Crippen LogP contribution in [0.2, 0.25) is 5.02 Å². The lowest BCUT2D eigenvalue weighted by molar-refractivity contribution is 0.0724. The molecule has 8 nitrogen and oxygen atoms in total. The van der Waals surface area contributed by atoms with Crippen molar-refractivity contribution in [3.05, 3.63) is 35.1 Å². The van der Waals surface area contributed by atoms with Gasteiger partial charge in [-0.05, 0) is 25.3 Å². The molecule has 2 aliphatic heterocycles. The van der Waals surface area contributed by atoms with Gasteiger partial charge in [0.2, 0.25) is 11.8 Å². The van der Waals surface area contributed by atoms with Crippen molar-refractivity contribution in [2.75, 3.05) is 56.2 Å². The number of nitrogens with zero attached hydrogens (tertiary/aromatic N) is 6. The smallest absolute Gasteiger partial charge is 0.255 e. The zero-order valence-corrected chi connectivity index (χ0v) is 17.3. The van der Waals surface area contributed by atoms with E-state index in [-0.39, 0.29) is 5.91 Å². The van der Waals surface area contributed by atoms with Crippen LogP contribution < -0.4 is 14.5 Å². The molecule has 0 aliphatic carbocycles. The van der Waals surface area contributed by atoms with E-state index in [9.17, 15) is 4.79 Å². The van der Waals surface area contributed by atoms with Gasteiger partial charge in [-0.15, -0.1) is 0 Å². The van der Waals surface area contributed by atoms with Gasteiger partial charge < -0.3 is 19.4 Å². The Kier molecular flexibility index (Phi) is 5.99. The molecule has 0 unspecified atom stereocenters. The number of methoxy groups -OCH3 is 1. The van der Waals surface area contributed by atoms with E-state index in [1.54, 1.807) is 31.6 Å². The van der Waals surface area contributed by atoms with Gasteiger partial charge in [-0.3, -0.25) is 4.79 Å². The maximum Gasteiger partial charge on any atom is 0.255 e. The van der Waals surface area contributed by atoms with E-state index in [0.717, 1.165) is 52.1 Å². The van der Waals surface area contributed by atoms with Gasteiger partial charge in [0.05, 0.1) is 17.7 Å². The van der Waals surface area contributed by atoms with Crippen molar-refractivity contribution < 1.29 is 9.53 Å². The van der Waals surface area contributed by atoms with Crippen LogP contribution in [0.15, 0.2) is 24.5 Å². The summed E-state index contributed by atoms with van der Waals surface area (Å²) in [5.41, 5.74) is 0.559. The van der Waals surface area contributed by atoms with Crippen LogP contribution in [0.1, 0.15) is 29.6 Å². The molecule has 9 heteroatoms. The standard InChI is InChI=1S/C20H25ClN6O2/c1-29-17-5-6-22-20(24-17)27-11-9-25(10-12-27)18-16(21)13-15(14-23-18)19(28)26-7-3-2-4-8-26/h5-6,13-14H,2-4,7-12H2,1H3. The number of hydrogen-bond acceptors (Lipinski definition) is 7. The molecule has 0 N–H and O–H groups in total. The van der Waals surface area contributed by atoms with Crippen LogP contribution in [-0.4, -0.2) is 72.1 Å². The van der Waals surface area contributed by atoms with Gasteiger partial charge >= 0.3 is 0 Å². The average Bonchev–Trinajstić information content (AvgIpc) is 2.79. The van der Waals surface area contributed by atoms with Crippen LogP contribution in [0, 0.1) is 0 Å². The van der Waals surface area contributed by atoms with Crippen molar-refractivity contribution in [3.8, 4) is 5.88 Å². The first-order valence-electron chi connectivity index (χ1n) is 9.97. The number of ether oxygens (including phenoxy) is 1. The molecule has 0 saturated carbocycles. The molecular weight excluding hydrogens is 392 g/mol. The van der Waals surface area contributed by atoms with E-state index in [1.165, 1.54) is 6.42 Å². The van der Waals surface area contributed by atoms with Crippen LogP contribution in [0.5, 0.6) is 5.88 Å². The third-order valence-corrected chi connectivity index (χ3v) is 5.68. The zero-order chi connectivity index (χ0) is 20.2. The van der Waals surface area contributed by atoms with Crippen LogP contribution in [-0.2, 0) is 0 Å². The van der Waals surface area contributed by atoms with Gasteiger partial charge in [-0.25, -0.2) is 9.97 Å². The summed E-state index contributed by atoms with van der Waals surface area (Å²) in [5.74, 6) is 1.94. The Morgan fingerprint density at radius 2 is 1.76 bits per heavy atom. The topological polar surface area (TPSA) is 74.7 Å². The quantitative estimate of drug-likeness (QED) is 0.757. The predicted octanol–water partition coefficient (Wildman–Crippen LogP) is 2.49. The van der Waals surface area contributed by atoms with Crippen LogP contribution in [0.4, 0.5) is 11.8 Å². The predicted molar refractivity (Wildman–Crippen MR) is 112 cm³/mol. The number of carbonyl (C=O) groups is 1. The van der Waals surface area contributed by atoms with Crippen molar-refractivity contribution in [1.29, 1.82) is 0 Å². The Bertz CT molecular complexity index is 866. The molecule has 0 aromatic carbocycles. The largest absolute Gasteiger partial charge is 0.481 e. The van der Waals surface area contributed by atoms with E-state index < -0.39 is 0 Å². The highest BCUT2D eigenvalue weighted by Gasteiger charge is 2.24. The summed E-state index contributed by atoms with van der Waals surface area (Å²) < 4.78 is 5.18. The van der Waals surface area contributed by atoms with Crippen molar-refractivity contribution in [2.45, 2.75) is 19.3 Å². The molecule has 4 heterocycles. The molecule has 0 spiro atoms. The SMILES string of the molecule is COc1ccnc(N2CCN(c3ncc(C(=O)N4CCCCC4)cc3Cl)CC2)n1. The molecule has 29 heavy (non-hydrogen) atoms. The minimum absolute atomic E-state index is 0.0191. The van der Waals surface area contributed by atoms with Gasteiger partial charge in [0.1, 0.15) is 5.82 Å². The molecule has 1 amide bonds. The summed E-state index contributed by atoms with van der Waals surface area (Å²) in [5, 5.41) is 0.513. The van der Waals surface area contributed by atoms with E-state index in [4.69, 9.17) is 16.3 Å². The number of carbonyl (C=O) groups excluding carboxylic acids is 1. The van der Waals surface area contributed by atoms with Crippen molar-refractivity contribution >= 4 is 29.3 Å². The fourth-order valence-corrected chi connectivity index (χ4v) is 4.06. The summed E-state index contributed by atoms with van der Waals surface area (Å²) in [4.78, 5) is 32.1. The van der Waals surface area contributed by atoms with E-state index in [1.807, 2.05) is 4.90 Å². The fraction of sp³-hybridized carbons (Fsp3) is 0.500. The lowest BCUT2D eigenvalue weighted by Gasteiger charge is -2.35. The molecule has 2 fully saturated rings. The first-order chi connectivity index (χ1) is 14.2. The van der Waals surface area contributed by atoms with Crippen molar-refractivity contribution in [1.82, 2.24) is 19.9 Å². The second-order valence-electron chi connectivity index (χ2n) is 7.26.